The molecule has 0 fully saturated rings. The summed E-state index contributed by atoms with van der Waals surface area (Å²) in [5.41, 5.74) is 0. The Morgan fingerprint density at radius 1 is 1.57 bits per heavy atom. The first-order valence-corrected chi connectivity index (χ1v) is 5.46. The summed E-state index contributed by atoms with van der Waals surface area (Å²) in [6.07, 6.45) is -3.91. The topological polar surface area (TPSA) is 24.4 Å². The van der Waals surface area contributed by atoms with Gasteiger partial charge in [0.05, 0.1) is 6.42 Å². The highest BCUT2D eigenvalue weighted by atomic mass is 32.2. The lowest BCUT2D eigenvalue weighted by atomic mass is 10.2. The van der Waals surface area contributed by atoms with Crippen molar-refractivity contribution in [3.05, 3.63) is 0 Å². The standard InChI is InChI=1S/C8H13F3N2S/c1-6(5-8(9,10)11)13-7-12-3-2-4-14-7/h6H,2-5H2,1H3,(H,12,13). The van der Waals surface area contributed by atoms with E-state index in [4.69, 9.17) is 0 Å². The molecule has 2 nitrogen and oxygen atoms in total. The van der Waals surface area contributed by atoms with E-state index in [-0.39, 0.29) is 0 Å². The lowest BCUT2D eigenvalue weighted by Gasteiger charge is -2.19. The molecule has 0 spiro atoms. The van der Waals surface area contributed by atoms with Gasteiger partial charge in [-0.25, -0.2) is 0 Å². The fourth-order valence-corrected chi connectivity index (χ4v) is 2.09. The van der Waals surface area contributed by atoms with E-state index < -0.39 is 18.6 Å². The van der Waals surface area contributed by atoms with Crippen LogP contribution in [0.5, 0.6) is 0 Å². The maximum atomic E-state index is 12.0. The summed E-state index contributed by atoms with van der Waals surface area (Å²) >= 11 is 1.49. The molecule has 1 heterocycles. The minimum absolute atomic E-state index is 0.598. The van der Waals surface area contributed by atoms with E-state index in [1.165, 1.54) is 18.7 Å². The number of hydrogen-bond acceptors (Lipinski definition) is 3. The number of hydrogen-bond donors (Lipinski definition) is 1. The van der Waals surface area contributed by atoms with Gasteiger partial charge in [-0.1, -0.05) is 11.8 Å². The molecule has 1 aliphatic heterocycles. The van der Waals surface area contributed by atoms with Gasteiger partial charge in [0, 0.05) is 18.3 Å². The predicted molar refractivity (Wildman–Crippen MR) is 52.6 cm³/mol. The van der Waals surface area contributed by atoms with Gasteiger partial charge in [-0.2, -0.15) is 13.2 Å². The Kier molecular flexibility index (Phi) is 4.10. The average Bonchev–Trinajstić information content (AvgIpc) is 2.02. The average molecular weight is 226 g/mol. The van der Waals surface area contributed by atoms with Crippen molar-refractivity contribution < 1.29 is 13.2 Å². The number of thioether (sulfide) groups is 1. The molecule has 0 saturated carbocycles. The zero-order valence-electron chi connectivity index (χ0n) is 7.90. The maximum absolute atomic E-state index is 12.0. The Hall–Kier alpha value is -0.390. The lowest BCUT2D eigenvalue weighted by molar-refractivity contribution is -0.138. The molecule has 0 aromatic heterocycles. The molecule has 0 radical (unpaired) electrons. The molecule has 1 rings (SSSR count). The Bertz CT molecular complexity index is 215. The van der Waals surface area contributed by atoms with Crippen LogP contribution in [0.2, 0.25) is 0 Å². The zero-order valence-corrected chi connectivity index (χ0v) is 8.71. The molecule has 0 aromatic carbocycles. The zero-order chi connectivity index (χ0) is 10.6. The van der Waals surface area contributed by atoms with E-state index in [1.54, 1.807) is 0 Å². The molecule has 0 amide bonds. The Balaban J connectivity index is 2.32. The normalized spacial score (nSPS) is 20.1. The molecule has 82 valence electrons. The number of rotatable bonds is 2. The van der Waals surface area contributed by atoms with E-state index in [1.807, 2.05) is 0 Å². The quantitative estimate of drug-likeness (QED) is 0.782. The maximum Gasteiger partial charge on any atom is 0.391 e. The molecular formula is C8H13F3N2S. The monoisotopic (exact) mass is 226 g/mol. The van der Waals surface area contributed by atoms with Gasteiger partial charge in [0.25, 0.3) is 0 Å². The summed E-state index contributed by atoms with van der Waals surface area (Å²) in [5.74, 6) is 0.935. The minimum Gasteiger partial charge on any atom is -0.362 e. The summed E-state index contributed by atoms with van der Waals surface area (Å²) in [4.78, 5) is 4.10. The first-order valence-electron chi connectivity index (χ1n) is 4.48. The van der Waals surface area contributed by atoms with Crippen molar-refractivity contribution in [3.8, 4) is 0 Å². The van der Waals surface area contributed by atoms with Gasteiger partial charge in [-0.15, -0.1) is 0 Å². The number of alkyl halides is 3. The number of nitrogens with one attached hydrogen (secondary N) is 1. The van der Waals surface area contributed by atoms with Crippen molar-refractivity contribution >= 4 is 16.9 Å². The fraction of sp³-hybridized carbons (Fsp3) is 0.875. The van der Waals surface area contributed by atoms with Crippen LogP contribution in [0.4, 0.5) is 13.2 Å². The van der Waals surface area contributed by atoms with Crippen LogP contribution in [0.25, 0.3) is 0 Å². The van der Waals surface area contributed by atoms with Gasteiger partial charge in [0.2, 0.25) is 0 Å². The first-order chi connectivity index (χ1) is 6.47. The summed E-state index contributed by atoms with van der Waals surface area (Å²) in [5, 5.41) is 3.41. The largest absolute Gasteiger partial charge is 0.391 e. The summed E-state index contributed by atoms with van der Waals surface area (Å²) in [7, 11) is 0. The Morgan fingerprint density at radius 3 is 2.79 bits per heavy atom. The second-order valence-corrected chi connectivity index (χ2v) is 4.34. The van der Waals surface area contributed by atoms with Crippen molar-refractivity contribution in [2.75, 3.05) is 12.3 Å². The van der Waals surface area contributed by atoms with E-state index in [9.17, 15) is 13.2 Å². The van der Waals surface area contributed by atoms with E-state index >= 15 is 0 Å². The van der Waals surface area contributed by atoms with Crippen LogP contribution in [0.15, 0.2) is 4.99 Å². The van der Waals surface area contributed by atoms with Gasteiger partial charge in [-0.05, 0) is 13.3 Å². The number of nitrogens with zero attached hydrogens (tertiary/aromatic N) is 1. The molecular weight excluding hydrogens is 213 g/mol. The summed E-state index contributed by atoms with van der Waals surface area (Å²) < 4.78 is 35.9. The van der Waals surface area contributed by atoms with Gasteiger partial charge in [-0.3, -0.25) is 4.99 Å². The van der Waals surface area contributed by atoms with Gasteiger partial charge in [0.1, 0.15) is 0 Å². The molecule has 0 bridgehead atoms. The number of amidine groups is 1. The highest BCUT2D eigenvalue weighted by Crippen LogP contribution is 2.22. The van der Waals surface area contributed by atoms with Gasteiger partial charge >= 0.3 is 6.18 Å². The Morgan fingerprint density at radius 2 is 2.29 bits per heavy atom. The molecule has 0 saturated heterocycles. The third-order valence-corrected chi connectivity index (χ3v) is 2.72. The van der Waals surface area contributed by atoms with Crippen LogP contribution in [-0.2, 0) is 0 Å². The van der Waals surface area contributed by atoms with Crippen molar-refractivity contribution in [3.63, 3.8) is 0 Å². The van der Waals surface area contributed by atoms with E-state index in [0.29, 0.717) is 11.7 Å². The highest BCUT2D eigenvalue weighted by molar-refractivity contribution is 8.13. The third kappa shape index (κ3) is 4.74. The number of halogens is 3. The van der Waals surface area contributed by atoms with Crippen LogP contribution in [0.3, 0.4) is 0 Å². The van der Waals surface area contributed by atoms with Crippen molar-refractivity contribution in [1.82, 2.24) is 5.32 Å². The predicted octanol–water partition coefficient (Wildman–Crippen LogP) is 2.41. The molecule has 0 aromatic rings. The van der Waals surface area contributed by atoms with Crippen LogP contribution in [0, 0.1) is 0 Å². The second-order valence-electron chi connectivity index (χ2n) is 3.25. The second kappa shape index (κ2) is 4.91. The molecule has 1 aliphatic rings. The SMILES string of the molecule is CC(CC(F)(F)F)NC1=NCCCS1. The highest BCUT2D eigenvalue weighted by Gasteiger charge is 2.30. The van der Waals surface area contributed by atoms with Crippen LogP contribution in [-0.4, -0.2) is 29.7 Å². The number of aliphatic imine (C=N–C) groups is 1. The minimum atomic E-state index is -4.10. The molecule has 1 atom stereocenters. The smallest absolute Gasteiger partial charge is 0.362 e. The molecule has 14 heavy (non-hydrogen) atoms. The van der Waals surface area contributed by atoms with E-state index in [2.05, 4.69) is 10.3 Å². The first kappa shape index (κ1) is 11.7. The van der Waals surface area contributed by atoms with Crippen molar-refractivity contribution in [2.45, 2.75) is 32.0 Å². The van der Waals surface area contributed by atoms with Crippen molar-refractivity contribution in [2.24, 2.45) is 4.99 Å². The van der Waals surface area contributed by atoms with Crippen LogP contribution < -0.4 is 5.32 Å². The van der Waals surface area contributed by atoms with E-state index in [0.717, 1.165) is 12.2 Å². The third-order valence-electron chi connectivity index (χ3n) is 1.70. The van der Waals surface area contributed by atoms with Crippen molar-refractivity contribution in [1.29, 1.82) is 0 Å². The van der Waals surface area contributed by atoms with Crippen LogP contribution in [0.1, 0.15) is 19.8 Å². The fourth-order valence-electron chi connectivity index (χ4n) is 1.16. The molecule has 0 aliphatic carbocycles. The lowest BCUT2D eigenvalue weighted by Crippen LogP contribution is -2.35. The molecule has 6 heteroatoms. The Labute approximate surface area is 85.4 Å². The van der Waals surface area contributed by atoms with Crippen LogP contribution >= 0.6 is 11.8 Å². The van der Waals surface area contributed by atoms with Gasteiger partial charge in [0.15, 0.2) is 5.17 Å². The van der Waals surface area contributed by atoms with Gasteiger partial charge < -0.3 is 5.32 Å². The molecule has 1 N–H and O–H groups in total. The summed E-state index contributed by atoms with van der Waals surface area (Å²) in [6, 6.07) is -0.598. The summed E-state index contributed by atoms with van der Waals surface area (Å²) in [6.45, 7) is 2.24. The molecule has 1 unspecified atom stereocenters.